The molecule has 0 radical (unpaired) electrons. The molecule has 0 atom stereocenters. The van der Waals surface area contributed by atoms with Gasteiger partial charge in [0, 0.05) is 31.4 Å². The van der Waals surface area contributed by atoms with E-state index in [0.29, 0.717) is 63.8 Å². The fraction of sp³-hybridized carbons (Fsp3) is 0.200. The number of aliphatic hydroxyl groups is 1. The predicted octanol–water partition coefficient (Wildman–Crippen LogP) is 5.04. The molecule has 2 aliphatic heterocycles. The number of amides is 4. The van der Waals surface area contributed by atoms with Crippen LogP contribution in [0.3, 0.4) is 0 Å². The molecule has 0 spiro atoms. The van der Waals surface area contributed by atoms with Gasteiger partial charge in [-0.05, 0) is 55.3 Å². The molecule has 3 N–H and O–H groups in total. The summed E-state index contributed by atoms with van der Waals surface area (Å²) in [4.78, 5) is 47.7. The number of carbonyl (C=O) groups excluding carboxylic acids is 3. The lowest BCUT2D eigenvalue weighted by Crippen LogP contribution is -2.46. The van der Waals surface area contributed by atoms with Gasteiger partial charge in [0.25, 0.3) is 5.91 Å². The molecule has 1 saturated heterocycles. The maximum Gasteiger partial charge on any atom is 0.331 e. The van der Waals surface area contributed by atoms with Crippen molar-refractivity contribution in [2.24, 2.45) is 0 Å². The highest BCUT2D eigenvalue weighted by molar-refractivity contribution is 7.21. The van der Waals surface area contributed by atoms with Crippen molar-refractivity contribution in [3.05, 3.63) is 83.9 Å². The molecule has 0 aliphatic carbocycles. The molecule has 1 fully saturated rings. The minimum absolute atomic E-state index is 0.106. The molecule has 0 unspecified atom stereocenters. The topological polar surface area (TPSA) is 124 Å². The molecule has 11 heteroatoms. The average molecular weight is 570 g/mol. The minimum Gasteiger partial charge on any atom is -0.457 e. The summed E-state index contributed by atoms with van der Waals surface area (Å²) in [7, 11) is 0. The summed E-state index contributed by atoms with van der Waals surface area (Å²) in [6, 6.07) is 18.0. The zero-order valence-electron chi connectivity index (χ0n) is 21.9. The Morgan fingerprint density at radius 2 is 1.80 bits per heavy atom. The van der Waals surface area contributed by atoms with E-state index in [1.54, 1.807) is 34.2 Å². The molecule has 0 bridgehead atoms. The van der Waals surface area contributed by atoms with Crippen molar-refractivity contribution < 1.29 is 24.2 Å². The number of carbonyl (C=O) groups is 3. The molecule has 41 heavy (non-hydrogen) atoms. The van der Waals surface area contributed by atoms with Crippen LogP contribution < -0.4 is 20.3 Å². The summed E-state index contributed by atoms with van der Waals surface area (Å²) in [5.74, 6) is 0.927. The second kappa shape index (κ2) is 11.4. The normalized spacial score (nSPS) is 15.3. The third-order valence-corrected chi connectivity index (χ3v) is 8.13. The number of aromatic nitrogens is 1. The van der Waals surface area contributed by atoms with Crippen molar-refractivity contribution in [2.75, 3.05) is 29.9 Å². The number of hydrogen-bond donors (Lipinski definition) is 3. The number of pyridine rings is 1. The van der Waals surface area contributed by atoms with Crippen LogP contribution in [0.5, 0.6) is 11.5 Å². The third-order valence-electron chi connectivity index (χ3n) is 7.03. The summed E-state index contributed by atoms with van der Waals surface area (Å²) in [5, 5.41) is 15.6. The number of anilines is 3. The summed E-state index contributed by atoms with van der Waals surface area (Å²) in [6.07, 6.45) is 5.63. The van der Waals surface area contributed by atoms with E-state index in [2.05, 4.69) is 15.6 Å². The van der Waals surface area contributed by atoms with Crippen LogP contribution in [0.1, 0.15) is 22.5 Å². The van der Waals surface area contributed by atoms with E-state index in [1.165, 1.54) is 23.5 Å². The maximum absolute atomic E-state index is 13.4. The standard InChI is InChI=1S/C30H27N5O5S/c36-18-4-7-24(37)34-16-13-19(14-17-34)32-28(38)27-26-25-23(12-15-31-29(25)41-27)35(30(39)33-26)20-8-10-22(11-9-20)40-21-5-2-1-3-6-21/h1-12,15,19,36H,13-14,16-18H2,(H,32,38)(H,33,39)/b7-4+. The van der Waals surface area contributed by atoms with E-state index < -0.39 is 0 Å². The number of piperidine rings is 1. The Morgan fingerprint density at radius 3 is 2.54 bits per heavy atom. The number of benzene rings is 2. The van der Waals surface area contributed by atoms with Crippen molar-refractivity contribution >= 4 is 56.5 Å². The average Bonchev–Trinajstić information content (AvgIpc) is 3.37. The largest absolute Gasteiger partial charge is 0.457 e. The molecular formula is C30H27N5O5S. The van der Waals surface area contributed by atoms with Gasteiger partial charge in [-0.15, -0.1) is 11.3 Å². The smallest absolute Gasteiger partial charge is 0.331 e. The second-order valence-electron chi connectivity index (χ2n) is 9.65. The highest BCUT2D eigenvalue weighted by atomic mass is 32.1. The summed E-state index contributed by atoms with van der Waals surface area (Å²) in [6.45, 7) is 0.827. The van der Waals surface area contributed by atoms with Crippen LogP contribution in [0.25, 0.3) is 10.2 Å². The van der Waals surface area contributed by atoms with Gasteiger partial charge in [0.15, 0.2) is 0 Å². The number of ether oxygens (including phenoxy) is 1. The first-order chi connectivity index (χ1) is 20.0. The Morgan fingerprint density at radius 1 is 1.07 bits per heavy atom. The van der Waals surface area contributed by atoms with Crippen LogP contribution >= 0.6 is 11.3 Å². The zero-order chi connectivity index (χ0) is 28.3. The Bertz CT molecular complexity index is 1630. The first-order valence-electron chi connectivity index (χ1n) is 13.2. The fourth-order valence-corrected chi connectivity index (χ4v) is 6.07. The number of rotatable bonds is 7. The zero-order valence-corrected chi connectivity index (χ0v) is 22.8. The Labute approximate surface area is 239 Å². The number of para-hydroxylation sites is 1. The van der Waals surface area contributed by atoms with Gasteiger partial charge in [-0.3, -0.25) is 14.5 Å². The van der Waals surface area contributed by atoms with E-state index in [0.717, 1.165) is 5.75 Å². The summed E-state index contributed by atoms with van der Waals surface area (Å²) >= 11 is 1.23. The van der Waals surface area contributed by atoms with Crippen LogP contribution in [-0.2, 0) is 4.79 Å². The number of hydrogen-bond acceptors (Lipinski definition) is 7. The molecule has 2 aromatic carbocycles. The monoisotopic (exact) mass is 569 g/mol. The maximum atomic E-state index is 13.4. The lowest BCUT2D eigenvalue weighted by molar-refractivity contribution is -0.127. The van der Waals surface area contributed by atoms with Gasteiger partial charge in [0.1, 0.15) is 21.2 Å². The highest BCUT2D eigenvalue weighted by Gasteiger charge is 2.33. The molecule has 10 nitrogen and oxygen atoms in total. The van der Waals surface area contributed by atoms with E-state index in [4.69, 9.17) is 9.84 Å². The van der Waals surface area contributed by atoms with Crippen LogP contribution in [0, 0.1) is 0 Å². The number of thiophene rings is 1. The Balaban J connectivity index is 1.20. The van der Waals surface area contributed by atoms with Gasteiger partial charge in [0.05, 0.1) is 29.1 Å². The van der Waals surface area contributed by atoms with E-state index in [-0.39, 0.29) is 30.5 Å². The molecule has 2 aromatic heterocycles. The number of nitrogens with one attached hydrogen (secondary N) is 2. The molecule has 2 aliphatic rings. The van der Waals surface area contributed by atoms with E-state index >= 15 is 0 Å². The molecule has 0 saturated carbocycles. The van der Waals surface area contributed by atoms with Gasteiger partial charge in [0.2, 0.25) is 5.91 Å². The third kappa shape index (κ3) is 5.37. The minimum atomic E-state index is -0.378. The van der Waals surface area contributed by atoms with Crippen molar-refractivity contribution in [1.29, 1.82) is 0 Å². The SMILES string of the molecule is O=C(NC1CCN(C(=O)/C=C/CO)CC1)c1sc2nccc3c2c1NC(=O)N3c1ccc(Oc2ccccc2)cc1. The number of nitrogens with zero attached hydrogens (tertiary/aromatic N) is 3. The molecular weight excluding hydrogens is 542 g/mol. The Hall–Kier alpha value is -4.74. The van der Waals surface area contributed by atoms with Crippen molar-refractivity contribution in [3.63, 3.8) is 0 Å². The summed E-state index contributed by atoms with van der Waals surface area (Å²) in [5.41, 5.74) is 1.74. The van der Waals surface area contributed by atoms with Crippen molar-refractivity contribution in [2.45, 2.75) is 18.9 Å². The van der Waals surface area contributed by atoms with Gasteiger partial charge < -0.3 is 25.4 Å². The second-order valence-corrected chi connectivity index (χ2v) is 10.6. The fourth-order valence-electron chi connectivity index (χ4n) is 5.04. The first-order valence-corrected chi connectivity index (χ1v) is 14.1. The quantitative estimate of drug-likeness (QED) is 0.268. The summed E-state index contributed by atoms with van der Waals surface area (Å²) < 4.78 is 5.88. The molecule has 6 rings (SSSR count). The van der Waals surface area contributed by atoms with Gasteiger partial charge in [-0.25, -0.2) is 9.78 Å². The Kier molecular flexibility index (Phi) is 7.36. The highest BCUT2D eigenvalue weighted by Crippen LogP contribution is 2.46. The predicted molar refractivity (Wildman–Crippen MR) is 157 cm³/mol. The number of likely N-dealkylation sites (tertiary alicyclic amines) is 1. The molecule has 4 amide bonds. The van der Waals surface area contributed by atoms with Gasteiger partial charge in [-0.1, -0.05) is 24.3 Å². The number of aliphatic hydroxyl groups excluding tert-OH is 1. The van der Waals surface area contributed by atoms with Gasteiger partial charge in [-0.2, -0.15) is 0 Å². The van der Waals surface area contributed by atoms with Crippen molar-refractivity contribution in [1.82, 2.24) is 15.2 Å². The van der Waals surface area contributed by atoms with Crippen LogP contribution in [0.15, 0.2) is 79.0 Å². The molecule has 208 valence electrons. The number of urea groups is 1. The van der Waals surface area contributed by atoms with Crippen LogP contribution in [-0.4, -0.2) is 58.6 Å². The molecule has 4 aromatic rings. The van der Waals surface area contributed by atoms with Crippen LogP contribution in [0.4, 0.5) is 21.9 Å². The van der Waals surface area contributed by atoms with E-state index in [1.807, 2.05) is 42.5 Å². The molecule has 4 heterocycles. The first kappa shape index (κ1) is 26.5. The van der Waals surface area contributed by atoms with Crippen LogP contribution in [0.2, 0.25) is 0 Å². The van der Waals surface area contributed by atoms with E-state index in [9.17, 15) is 14.4 Å². The lowest BCUT2D eigenvalue weighted by atomic mass is 10.0. The lowest BCUT2D eigenvalue weighted by Gasteiger charge is -2.32. The van der Waals surface area contributed by atoms with Gasteiger partial charge >= 0.3 is 6.03 Å². The van der Waals surface area contributed by atoms with Crippen molar-refractivity contribution in [3.8, 4) is 11.5 Å².